The van der Waals surface area contributed by atoms with Crippen molar-refractivity contribution in [2.24, 2.45) is 0 Å². The quantitative estimate of drug-likeness (QED) is 0.802. The van der Waals surface area contributed by atoms with Crippen molar-refractivity contribution < 1.29 is 0 Å². The predicted octanol–water partition coefficient (Wildman–Crippen LogP) is 4.01. The summed E-state index contributed by atoms with van der Waals surface area (Å²) in [7, 11) is 0. The second kappa shape index (κ2) is 4.88. The zero-order valence-corrected chi connectivity index (χ0v) is 11.6. The molecule has 0 spiro atoms. The van der Waals surface area contributed by atoms with Crippen LogP contribution in [0, 0.1) is 11.3 Å². The highest BCUT2D eigenvalue weighted by Gasteiger charge is 2.31. The molecule has 0 aliphatic heterocycles. The van der Waals surface area contributed by atoms with Crippen molar-refractivity contribution in [1.82, 2.24) is 9.78 Å². The van der Waals surface area contributed by atoms with Gasteiger partial charge in [-0.2, -0.15) is 10.4 Å². The lowest BCUT2D eigenvalue weighted by molar-refractivity contribution is 0.837. The van der Waals surface area contributed by atoms with Crippen molar-refractivity contribution in [3.05, 3.63) is 46.2 Å². The Balaban J connectivity index is 2.06. The highest BCUT2D eigenvalue weighted by molar-refractivity contribution is 6.31. The largest absolute Gasteiger partial charge is 0.222 e. The van der Waals surface area contributed by atoms with Crippen LogP contribution in [0.1, 0.15) is 35.6 Å². The maximum Gasteiger partial charge on any atom is 0.137 e. The highest BCUT2D eigenvalue weighted by atomic mass is 35.5. The molecule has 1 aromatic carbocycles. The van der Waals surface area contributed by atoms with Gasteiger partial charge in [-0.3, -0.25) is 0 Å². The van der Waals surface area contributed by atoms with Crippen LogP contribution in [0.4, 0.5) is 0 Å². The fourth-order valence-corrected chi connectivity index (χ4v) is 2.73. The summed E-state index contributed by atoms with van der Waals surface area (Å²) < 4.78 is 1.70. The smallest absolute Gasteiger partial charge is 0.137 e. The number of nitrogens with zero attached hydrogens (tertiary/aromatic N) is 3. The summed E-state index contributed by atoms with van der Waals surface area (Å²) in [6.45, 7) is 0. The van der Waals surface area contributed by atoms with Crippen LogP contribution < -0.4 is 0 Å². The van der Waals surface area contributed by atoms with Gasteiger partial charge in [0.15, 0.2) is 0 Å². The van der Waals surface area contributed by atoms with E-state index in [-0.39, 0.29) is 0 Å². The van der Waals surface area contributed by atoms with Crippen molar-refractivity contribution >= 4 is 23.2 Å². The molecule has 0 saturated heterocycles. The molecule has 0 bridgehead atoms. The molecule has 1 saturated carbocycles. The van der Waals surface area contributed by atoms with Gasteiger partial charge in [-0.25, -0.2) is 4.68 Å². The second-order valence-electron chi connectivity index (χ2n) is 4.63. The molecule has 1 heterocycles. The summed E-state index contributed by atoms with van der Waals surface area (Å²) >= 11 is 12.3. The molecule has 0 unspecified atom stereocenters. The van der Waals surface area contributed by atoms with E-state index >= 15 is 0 Å². The first-order valence-electron chi connectivity index (χ1n) is 6.08. The molecule has 96 valence electrons. The van der Waals surface area contributed by atoms with Gasteiger partial charge in [0, 0.05) is 11.5 Å². The zero-order chi connectivity index (χ0) is 13.4. The van der Waals surface area contributed by atoms with Crippen LogP contribution in [0.2, 0.25) is 5.15 Å². The van der Waals surface area contributed by atoms with Crippen LogP contribution in [0.15, 0.2) is 24.3 Å². The third-order valence-electron chi connectivity index (χ3n) is 3.29. The SMILES string of the molecule is N#Cc1ccc(-n2nc(C3CC3)c(CCl)c2Cl)cc1. The molecule has 0 N–H and O–H groups in total. The minimum Gasteiger partial charge on any atom is -0.222 e. The minimum absolute atomic E-state index is 0.376. The summed E-state index contributed by atoms with van der Waals surface area (Å²) in [5, 5.41) is 14.0. The van der Waals surface area contributed by atoms with Gasteiger partial charge >= 0.3 is 0 Å². The average Bonchev–Trinajstić information content (AvgIpc) is 3.23. The van der Waals surface area contributed by atoms with Crippen LogP contribution in [0.25, 0.3) is 5.69 Å². The molecule has 2 aromatic rings. The van der Waals surface area contributed by atoms with Crippen LogP contribution >= 0.6 is 23.2 Å². The zero-order valence-electron chi connectivity index (χ0n) is 10.1. The lowest BCUT2D eigenvalue weighted by Gasteiger charge is -2.02. The van der Waals surface area contributed by atoms with Crippen LogP contribution in [0.3, 0.4) is 0 Å². The number of aromatic nitrogens is 2. The van der Waals surface area contributed by atoms with Gasteiger partial charge < -0.3 is 0 Å². The van der Waals surface area contributed by atoms with Crippen molar-refractivity contribution in [3.8, 4) is 11.8 Å². The van der Waals surface area contributed by atoms with E-state index < -0.39 is 0 Å². The molecule has 0 amide bonds. The summed E-state index contributed by atoms with van der Waals surface area (Å²) in [5.41, 5.74) is 3.41. The van der Waals surface area contributed by atoms with Crippen LogP contribution in [0.5, 0.6) is 0 Å². The first kappa shape index (κ1) is 12.5. The monoisotopic (exact) mass is 291 g/mol. The number of hydrogen-bond acceptors (Lipinski definition) is 2. The lowest BCUT2D eigenvalue weighted by atomic mass is 10.2. The van der Waals surface area contributed by atoms with Gasteiger partial charge in [0.2, 0.25) is 0 Å². The topological polar surface area (TPSA) is 41.6 Å². The molecular formula is C14H11Cl2N3. The Kier molecular flexibility index (Phi) is 3.22. The fourth-order valence-electron chi connectivity index (χ4n) is 2.10. The molecular weight excluding hydrogens is 281 g/mol. The third-order valence-corrected chi connectivity index (χ3v) is 3.95. The molecule has 1 aliphatic rings. The highest BCUT2D eigenvalue weighted by Crippen LogP contribution is 2.43. The Labute approximate surface area is 121 Å². The fraction of sp³-hybridized carbons (Fsp3) is 0.286. The number of benzene rings is 1. The predicted molar refractivity (Wildman–Crippen MR) is 74.8 cm³/mol. The molecule has 0 atom stereocenters. The van der Waals surface area contributed by atoms with Gasteiger partial charge in [0.1, 0.15) is 5.15 Å². The Morgan fingerprint density at radius 3 is 2.53 bits per heavy atom. The number of hydrogen-bond donors (Lipinski definition) is 0. The second-order valence-corrected chi connectivity index (χ2v) is 5.26. The van der Waals surface area contributed by atoms with Crippen molar-refractivity contribution in [2.45, 2.75) is 24.6 Å². The average molecular weight is 292 g/mol. The van der Waals surface area contributed by atoms with E-state index in [2.05, 4.69) is 11.2 Å². The molecule has 3 nitrogen and oxygen atoms in total. The summed E-state index contributed by atoms with van der Waals surface area (Å²) in [4.78, 5) is 0. The van der Waals surface area contributed by atoms with E-state index in [9.17, 15) is 0 Å². The van der Waals surface area contributed by atoms with Gasteiger partial charge in [-0.1, -0.05) is 11.6 Å². The standard InChI is InChI=1S/C14H11Cl2N3/c15-7-12-13(10-3-4-10)18-19(14(12)16)11-5-1-9(8-17)2-6-11/h1-2,5-6,10H,3-4,7H2. The molecule has 19 heavy (non-hydrogen) atoms. The minimum atomic E-state index is 0.376. The van der Waals surface area contributed by atoms with E-state index in [0.717, 1.165) is 29.8 Å². The Bertz CT molecular complexity index is 649. The van der Waals surface area contributed by atoms with E-state index in [1.165, 1.54) is 0 Å². The third kappa shape index (κ3) is 2.22. The van der Waals surface area contributed by atoms with Crippen molar-refractivity contribution in [1.29, 1.82) is 5.26 Å². The van der Waals surface area contributed by atoms with Gasteiger partial charge in [-0.15, -0.1) is 11.6 Å². The molecule has 3 rings (SSSR count). The van der Waals surface area contributed by atoms with Gasteiger partial charge in [0.05, 0.1) is 28.9 Å². The van der Waals surface area contributed by atoms with Crippen LogP contribution in [-0.4, -0.2) is 9.78 Å². The number of rotatable bonds is 3. The van der Waals surface area contributed by atoms with E-state index in [1.807, 2.05) is 12.1 Å². The number of alkyl halides is 1. The van der Waals surface area contributed by atoms with E-state index in [1.54, 1.807) is 16.8 Å². The Hall–Kier alpha value is -1.50. The van der Waals surface area contributed by atoms with Crippen LogP contribution in [-0.2, 0) is 5.88 Å². The number of nitriles is 1. The first-order chi connectivity index (χ1) is 9.24. The molecule has 1 fully saturated rings. The maximum atomic E-state index is 8.81. The van der Waals surface area contributed by atoms with Crippen molar-refractivity contribution in [3.63, 3.8) is 0 Å². The van der Waals surface area contributed by atoms with Gasteiger partial charge in [-0.05, 0) is 37.1 Å². The van der Waals surface area contributed by atoms with E-state index in [0.29, 0.717) is 22.5 Å². The van der Waals surface area contributed by atoms with Gasteiger partial charge in [0.25, 0.3) is 0 Å². The molecule has 5 heteroatoms. The summed E-state index contributed by atoms with van der Waals surface area (Å²) in [6, 6.07) is 9.28. The summed E-state index contributed by atoms with van der Waals surface area (Å²) in [6.07, 6.45) is 2.31. The summed E-state index contributed by atoms with van der Waals surface area (Å²) in [5.74, 6) is 0.881. The Morgan fingerprint density at radius 2 is 2.00 bits per heavy atom. The lowest BCUT2D eigenvalue weighted by Crippen LogP contribution is -1.97. The normalized spacial score (nSPS) is 14.4. The Morgan fingerprint density at radius 1 is 1.32 bits per heavy atom. The first-order valence-corrected chi connectivity index (χ1v) is 6.99. The molecule has 0 radical (unpaired) electrons. The molecule has 1 aromatic heterocycles. The van der Waals surface area contributed by atoms with E-state index in [4.69, 9.17) is 28.5 Å². The van der Waals surface area contributed by atoms with Crippen molar-refractivity contribution in [2.75, 3.05) is 0 Å². The number of halogens is 2. The molecule has 1 aliphatic carbocycles. The maximum absolute atomic E-state index is 8.81.